The number of carbonyl (C=O) groups is 1. The Morgan fingerprint density at radius 2 is 2.14 bits per heavy atom. The molecular formula is C10H19NO3. The van der Waals surface area contributed by atoms with Crippen molar-refractivity contribution in [1.82, 2.24) is 5.32 Å². The molecule has 4 unspecified atom stereocenters. The van der Waals surface area contributed by atoms with E-state index in [1.165, 1.54) is 0 Å². The standard InChI is InChI=1S/C10H19NO3/c1-6(5-12)7(2)11-9-4-3-8(9)10(13)14/h6-9,11-12H,3-5H2,1-2H3,(H,13,14). The Balaban J connectivity index is 2.34. The van der Waals surface area contributed by atoms with Gasteiger partial charge in [0.15, 0.2) is 0 Å². The minimum absolute atomic E-state index is 0.0940. The fraction of sp³-hybridized carbons (Fsp3) is 0.900. The molecule has 0 aromatic heterocycles. The predicted molar refractivity (Wildman–Crippen MR) is 53.0 cm³/mol. The third-order valence-electron chi connectivity index (χ3n) is 3.21. The summed E-state index contributed by atoms with van der Waals surface area (Å²) in [5.41, 5.74) is 0. The second-order valence-corrected chi connectivity index (χ2v) is 4.24. The number of aliphatic carboxylic acids is 1. The second kappa shape index (κ2) is 4.75. The Bertz CT molecular complexity index is 208. The van der Waals surface area contributed by atoms with Gasteiger partial charge in [0.05, 0.1) is 5.92 Å². The maximum absolute atomic E-state index is 10.7. The zero-order chi connectivity index (χ0) is 10.7. The number of nitrogens with one attached hydrogen (secondary N) is 1. The molecule has 0 saturated heterocycles. The van der Waals surface area contributed by atoms with Gasteiger partial charge < -0.3 is 15.5 Å². The van der Waals surface area contributed by atoms with Gasteiger partial charge in [-0.1, -0.05) is 6.92 Å². The van der Waals surface area contributed by atoms with Crippen molar-refractivity contribution in [1.29, 1.82) is 0 Å². The summed E-state index contributed by atoms with van der Waals surface area (Å²) in [5, 5.41) is 21.0. The first-order valence-corrected chi connectivity index (χ1v) is 5.16. The van der Waals surface area contributed by atoms with Crippen molar-refractivity contribution < 1.29 is 15.0 Å². The van der Waals surface area contributed by atoms with Crippen LogP contribution in [0.4, 0.5) is 0 Å². The molecule has 3 N–H and O–H groups in total. The molecule has 1 aliphatic carbocycles. The van der Waals surface area contributed by atoms with Crippen LogP contribution in [0.15, 0.2) is 0 Å². The predicted octanol–water partition coefficient (Wildman–Crippen LogP) is 0.456. The number of aliphatic hydroxyl groups is 1. The van der Waals surface area contributed by atoms with Crippen LogP contribution in [0.1, 0.15) is 26.7 Å². The van der Waals surface area contributed by atoms with Crippen LogP contribution in [0.3, 0.4) is 0 Å². The van der Waals surface area contributed by atoms with E-state index in [0.717, 1.165) is 12.8 Å². The quantitative estimate of drug-likeness (QED) is 0.604. The van der Waals surface area contributed by atoms with Gasteiger partial charge in [-0.25, -0.2) is 0 Å². The van der Waals surface area contributed by atoms with E-state index >= 15 is 0 Å². The lowest BCUT2D eigenvalue weighted by Crippen LogP contribution is -2.52. The number of rotatable bonds is 5. The first kappa shape index (κ1) is 11.5. The summed E-state index contributed by atoms with van der Waals surface area (Å²) in [7, 11) is 0. The van der Waals surface area contributed by atoms with Crippen molar-refractivity contribution in [2.75, 3.05) is 6.61 Å². The monoisotopic (exact) mass is 201 g/mol. The molecule has 0 bridgehead atoms. The summed E-state index contributed by atoms with van der Waals surface area (Å²) >= 11 is 0. The first-order chi connectivity index (χ1) is 6.56. The van der Waals surface area contributed by atoms with Crippen LogP contribution in [-0.2, 0) is 4.79 Å². The minimum atomic E-state index is -0.711. The molecule has 0 radical (unpaired) electrons. The van der Waals surface area contributed by atoms with Crippen molar-refractivity contribution >= 4 is 5.97 Å². The Labute approximate surface area is 84.3 Å². The zero-order valence-corrected chi connectivity index (χ0v) is 8.73. The summed E-state index contributed by atoms with van der Waals surface area (Å²) in [4.78, 5) is 10.7. The van der Waals surface area contributed by atoms with E-state index in [9.17, 15) is 4.79 Å². The van der Waals surface area contributed by atoms with Gasteiger partial charge in [-0.15, -0.1) is 0 Å². The normalized spacial score (nSPS) is 30.5. The summed E-state index contributed by atoms with van der Waals surface area (Å²) in [6.07, 6.45) is 1.70. The molecule has 1 saturated carbocycles. The Morgan fingerprint density at radius 1 is 1.50 bits per heavy atom. The maximum Gasteiger partial charge on any atom is 0.308 e. The number of hydrogen-bond donors (Lipinski definition) is 3. The highest BCUT2D eigenvalue weighted by Crippen LogP contribution is 2.28. The van der Waals surface area contributed by atoms with Gasteiger partial charge in [0.1, 0.15) is 0 Å². The van der Waals surface area contributed by atoms with Gasteiger partial charge in [0.2, 0.25) is 0 Å². The molecule has 1 aliphatic rings. The number of carboxylic acids is 1. The van der Waals surface area contributed by atoms with Gasteiger partial charge in [-0.05, 0) is 25.7 Å². The SMILES string of the molecule is CC(CO)C(C)NC1CCC1C(=O)O. The van der Waals surface area contributed by atoms with Crippen LogP contribution in [0, 0.1) is 11.8 Å². The summed E-state index contributed by atoms with van der Waals surface area (Å²) in [5.74, 6) is -0.772. The molecule has 1 fully saturated rings. The third kappa shape index (κ3) is 2.45. The number of aliphatic hydroxyl groups excluding tert-OH is 1. The van der Waals surface area contributed by atoms with Crippen LogP contribution >= 0.6 is 0 Å². The van der Waals surface area contributed by atoms with E-state index < -0.39 is 5.97 Å². The van der Waals surface area contributed by atoms with Gasteiger partial charge >= 0.3 is 5.97 Å². The molecule has 0 aliphatic heterocycles. The Hall–Kier alpha value is -0.610. The highest BCUT2D eigenvalue weighted by atomic mass is 16.4. The molecule has 0 aromatic rings. The molecule has 4 atom stereocenters. The van der Waals surface area contributed by atoms with E-state index in [1.807, 2.05) is 13.8 Å². The van der Waals surface area contributed by atoms with Crippen molar-refractivity contribution in [3.8, 4) is 0 Å². The average Bonchev–Trinajstić information content (AvgIpc) is 2.09. The maximum atomic E-state index is 10.7. The Kier molecular flexibility index (Phi) is 3.89. The summed E-state index contributed by atoms with van der Waals surface area (Å²) in [6.45, 7) is 4.07. The van der Waals surface area contributed by atoms with E-state index in [4.69, 9.17) is 10.2 Å². The van der Waals surface area contributed by atoms with E-state index in [2.05, 4.69) is 5.32 Å². The highest BCUT2D eigenvalue weighted by Gasteiger charge is 2.37. The average molecular weight is 201 g/mol. The van der Waals surface area contributed by atoms with Crippen molar-refractivity contribution in [2.24, 2.45) is 11.8 Å². The smallest absolute Gasteiger partial charge is 0.308 e. The molecule has 4 nitrogen and oxygen atoms in total. The molecule has 0 spiro atoms. The molecule has 0 amide bonds. The molecule has 0 heterocycles. The van der Waals surface area contributed by atoms with Crippen LogP contribution in [-0.4, -0.2) is 34.9 Å². The molecule has 0 aromatic carbocycles. The van der Waals surface area contributed by atoms with Gasteiger partial charge in [0.25, 0.3) is 0 Å². The third-order valence-corrected chi connectivity index (χ3v) is 3.21. The highest BCUT2D eigenvalue weighted by molar-refractivity contribution is 5.72. The van der Waals surface area contributed by atoms with Gasteiger partial charge in [-0.3, -0.25) is 4.79 Å². The van der Waals surface area contributed by atoms with Crippen molar-refractivity contribution in [3.63, 3.8) is 0 Å². The van der Waals surface area contributed by atoms with Crippen LogP contribution in [0.5, 0.6) is 0 Å². The molecule has 14 heavy (non-hydrogen) atoms. The molecular weight excluding hydrogens is 182 g/mol. The molecule has 1 rings (SSSR count). The lowest BCUT2D eigenvalue weighted by Gasteiger charge is -2.37. The van der Waals surface area contributed by atoms with Gasteiger partial charge in [0, 0.05) is 18.7 Å². The van der Waals surface area contributed by atoms with E-state index in [-0.39, 0.29) is 30.5 Å². The summed E-state index contributed by atoms with van der Waals surface area (Å²) < 4.78 is 0. The van der Waals surface area contributed by atoms with Crippen LogP contribution < -0.4 is 5.32 Å². The topological polar surface area (TPSA) is 69.6 Å². The number of carboxylic acid groups (broad SMARTS) is 1. The zero-order valence-electron chi connectivity index (χ0n) is 8.73. The number of hydrogen-bond acceptors (Lipinski definition) is 3. The molecule has 82 valence electrons. The largest absolute Gasteiger partial charge is 0.481 e. The van der Waals surface area contributed by atoms with Crippen LogP contribution in [0.2, 0.25) is 0 Å². The van der Waals surface area contributed by atoms with Crippen molar-refractivity contribution in [2.45, 2.75) is 38.8 Å². The van der Waals surface area contributed by atoms with Gasteiger partial charge in [-0.2, -0.15) is 0 Å². The lowest BCUT2D eigenvalue weighted by atomic mass is 9.79. The Morgan fingerprint density at radius 3 is 2.50 bits per heavy atom. The fourth-order valence-electron chi connectivity index (χ4n) is 1.66. The summed E-state index contributed by atoms with van der Waals surface area (Å²) in [6, 6.07) is 0.267. The molecule has 4 heteroatoms. The van der Waals surface area contributed by atoms with E-state index in [0.29, 0.717) is 0 Å². The minimum Gasteiger partial charge on any atom is -0.481 e. The second-order valence-electron chi connectivity index (χ2n) is 4.24. The fourth-order valence-corrected chi connectivity index (χ4v) is 1.66. The lowest BCUT2D eigenvalue weighted by molar-refractivity contribution is -0.146. The van der Waals surface area contributed by atoms with E-state index in [1.54, 1.807) is 0 Å². The first-order valence-electron chi connectivity index (χ1n) is 5.16. The van der Waals surface area contributed by atoms with Crippen LogP contribution in [0.25, 0.3) is 0 Å². The van der Waals surface area contributed by atoms with Crippen molar-refractivity contribution in [3.05, 3.63) is 0 Å².